The molecule has 2 aromatic carbocycles. The molecule has 144 valence electrons. The van der Waals surface area contributed by atoms with Gasteiger partial charge < -0.3 is 4.90 Å². The SMILES string of the molecule is O=C1c2[nH]nc(-c3ccc(Cl)cc3)c2C(c2cccs2)N1Cc1ccccc1Cl. The third-order valence-electron chi connectivity index (χ3n) is 5.09. The van der Waals surface area contributed by atoms with E-state index in [0.29, 0.717) is 22.3 Å². The molecule has 5 rings (SSSR count). The summed E-state index contributed by atoms with van der Waals surface area (Å²) in [6, 6.07) is 18.9. The fourth-order valence-electron chi connectivity index (χ4n) is 3.74. The molecule has 1 amide bonds. The van der Waals surface area contributed by atoms with Gasteiger partial charge in [-0.1, -0.05) is 59.6 Å². The van der Waals surface area contributed by atoms with Crippen LogP contribution in [0.1, 0.15) is 32.5 Å². The molecule has 1 unspecified atom stereocenters. The quantitative estimate of drug-likeness (QED) is 0.411. The number of thiophene rings is 1. The largest absolute Gasteiger partial charge is 0.321 e. The summed E-state index contributed by atoms with van der Waals surface area (Å²) in [4.78, 5) is 16.3. The highest BCUT2D eigenvalue weighted by atomic mass is 35.5. The van der Waals surface area contributed by atoms with Gasteiger partial charge in [0, 0.05) is 32.6 Å². The molecule has 7 heteroatoms. The van der Waals surface area contributed by atoms with Crippen LogP contribution in [0, 0.1) is 0 Å². The number of halogens is 2. The molecule has 0 bridgehead atoms. The fraction of sp³-hybridized carbons (Fsp3) is 0.0909. The second-order valence-electron chi connectivity index (χ2n) is 6.81. The van der Waals surface area contributed by atoms with Gasteiger partial charge in [0.1, 0.15) is 5.69 Å². The lowest BCUT2D eigenvalue weighted by molar-refractivity contribution is 0.0732. The number of nitrogens with zero attached hydrogens (tertiary/aromatic N) is 2. The summed E-state index contributed by atoms with van der Waals surface area (Å²) in [6.07, 6.45) is 0. The van der Waals surface area contributed by atoms with E-state index in [2.05, 4.69) is 16.3 Å². The Kier molecular flexibility index (Phi) is 4.66. The number of carbonyl (C=O) groups is 1. The van der Waals surface area contributed by atoms with Gasteiger partial charge in [-0.15, -0.1) is 11.3 Å². The Hall–Kier alpha value is -2.60. The summed E-state index contributed by atoms with van der Waals surface area (Å²) >= 11 is 14.1. The Morgan fingerprint density at radius 3 is 2.55 bits per heavy atom. The molecule has 0 saturated carbocycles. The highest BCUT2D eigenvalue weighted by Crippen LogP contribution is 2.45. The van der Waals surface area contributed by atoms with Gasteiger partial charge in [-0.05, 0) is 35.2 Å². The molecule has 1 aliphatic rings. The van der Waals surface area contributed by atoms with Crippen LogP contribution in [0.4, 0.5) is 0 Å². The zero-order valence-corrected chi connectivity index (χ0v) is 17.4. The molecule has 0 radical (unpaired) electrons. The van der Waals surface area contributed by atoms with Gasteiger partial charge in [-0.25, -0.2) is 0 Å². The molecule has 0 fully saturated rings. The Balaban J connectivity index is 1.63. The average Bonchev–Trinajstić information content (AvgIpc) is 3.44. The lowest BCUT2D eigenvalue weighted by Gasteiger charge is -2.25. The molecule has 2 aromatic heterocycles. The van der Waals surface area contributed by atoms with Crippen LogP contribution in [0.15, 0.2) is 66.0 Å². The topological polar surface area (TPSA) is 49.0 Å². The van der Waals surface area contributed by atoms with E-state index in [0.717, 1.165) is 27.3 Å². The van der Waals surface area contributed by atoms with Crippen molar-refractivity contribution in [3.8, 4) is 11.3 Å². The molecule has 29 heavy (non-hydrogen) atoms. The van der Waals surface area contributed by atoms with Crippen molar-refractivity contribution in [2.45, 2.75) is 12.6 Å². The number of amides is 1. The van der Waals surface area contributed by atoms with E-state index in [1.54, 1.807) is 11.3 Å². The van der Waals surface area contributed by atoms with E-state index >= 15 is 0 Å². The first-order valence-electron chi connectivity index (χ1n) is 9.05. The Bertz CT molecular complexity index is 1190. The van der Waals surface area contributed by atoms with E-state index < -0.39 is 0 Å². The van der Waals surface area contributed by atoms with Gasteiger partial charge >= 0.3 is 0 Å². The Labute approximate surface area is 181 Å². The van der Waals surface area contributed by atoms with Gasteiger partial charge in [0.15, 0.2) is 0 Å². The predicted molar refractivity (Wildman–Crippen MR) is 117 cm³/mol. The molecular formula is C22H15Cl2N3OS. The van der Waals surface area contributed by atoms with E-state index in [1.165, 1.54) is 0 Å². The number of hydrogen-bond donors (Lipinski definition) is 1. The van der Waals surface area contributed by atoms with E-state index in [9.17, 15) is 4.79 Å². The number of fused-ring (bicyclic) bond motifs is 1. The first kappa shape index (κ1) is 18.4. The Morgan fingerprint density at radius 1 is 1.03 bits per heavy atom. The van der Waals surface area contributed by atoms with Crippen molar-refractivity contribution < 1.29 is 4.79 Å². The number of carbonyl (C=O) groups excluding carboxylic acids is 1. The van der Waals surface area contributed by atoms with Crippen LogP contribution < -0.4 is 0 Å². The maximum Gasteiger partial charge on any atom is 0.273 e. The maximum absolute atomic E-state index is 13.3. The number of aromatic amines is 1. The van der Waals surface area contributed by atoms with Gasteiger partial charge in [-0.2, -0.15) is 5.10 Å². The third-order valence-corrected chi connectivity index (χ3v) is 6.64. The monoisotopic (exact) mass is 439 g/mol. The predicted octanol–water partition coefficient (Wildman–Crippen LogP) is 6.19. The van der Waals surface area contributed by atoms with Crippen molar-refractivity contribution in [3.63, 3.8) is 0 Å². The van der Waals surface area contributed by atoms with Crippen LogP contribution in [0.25, 0.3) is 11.3 Å². The number of hydrogen-bond acceptors (Lipinski definition) is 3. The molecule has 1 atom stereocenters. The first-order valence-corrected chi connectivity index (χ1v) is 10.7. The fourth-order valence-corrected chi connectivity index (χ4v) is 4.91. The minimum absolute atomic E-state index is 0.0777. The number of H-pyrrole nitrogens is 1. The molecule has 4 aromatic rings. The first-order chi connectivity index (χ1) is 14.1. The molecule has 4 nitrogen and oxygen atoms in total. The van der Waals surface area contributed by atoms with Crippen molar-refractivity contribution in [3.05, 3.63) is 97.8 Å². The van der Waals surface area contributed by atoms with Gasteiger partial charge in [0.05, 0.1) is 11.7 Å². The number of nitrogens with one attached hydrogen (secondary N) is 1. The van der Waals surface area contributed by atoms with E-state index in [4.69, 9.17) is 23.2 Å². The highest BCUT2D eigenvalue weighted by molar-refractivity contribution is 7.10. The summed E-state index contributed by atoms with van der Waals surface area (Å²) in [7, 11) is 0. The smallest absolute Gasteiger partial charge is 0.273 e. The lowest BCUT2D eigenvalue weighted by Crippen LogP contribution is -2.28. The molecule has 0 spiro atoms. The van der Waals surface area contributed by atoms with Gasteiger partial charge in [0.25, 0.3) is 5.91 Å². The van der Waals surface area contributed by atoms with Crippen molar-refractivity contribution in [1.29, 1.82) is 0 Å². The van der Waals surface area contributed by atoms with E-state index in [1.807, 2.05) is 64.9 Å². The number of rotatable bonds is 4. The summed E-state index contributed by atoms with van der Waals surface area (Å²) in [5.41, 5.74) is 4.02. The molecule has 0 aliphatic carbocycles. The van der Waals surface area contributed by atoms with Crippen molar-refractivity contribution in [1.82, 2.24) is 15.1 Å². The Morgan fingerprint density at radius 2 is 1.83 bits per heavy atom. The summed E-state index contributed by atoms with van der Waals surface area (Å²) in [6.45, 7) is 0.420. The van der Waals surface area contributed by atoms with Crippen LogP contribution in [0.3, 0.4) is 0 Å². The number of benzene rings is 2. The second-order valence-corrected chi connectivity index (χ2v) is 8.63. The molecule has 1 N–H and O–H groups in total. The van der Waals surface area contributed by atoms with Crippen molar-refractivity contribution >= 4 is 40.4 Å². The average molecular weight is 440 g/mol. The van der Waals surface area contributed by atoms with Crippen LogP contribution in [0.5, 0.6) is 0 Å². The molecule has 0 saturated heterocycles. The highest BCUT2D eigenvalue weighted by Gasteiger charge is 2.42. The zero-order valence-electron chi connectivity index (χ0n) is 15.1. The molecule has 1 aliphatic heterocycles. The molecule has 3 heterocycles. The van der Waals surface area contributed by atoms with Crippen LogP contribution in [0.2, 0.25) is 10.0 Å². The third kappa shape index (κ3) is 3.15. The minimum atomic E-state index is -0.224. The molecular weight excluding hydrogens is 425 g/mol. The minimum Gasteiger partial charge on any atom is -0.321 e. The standard InChI is InChI=1S/C22H15Cl2N3OS/c23-15-9-7-13(8-10-15)19-18-20(26-25-19)22(28)27(21(18)17-6-3-11-29-17)12-14-4-1-2-5-16(14)24/h1-11,21H,12H2,(H,25,26). The van der Waals surface area contributed by atoms with Crippen LogP contribution in [-0.4, -0.2) is 21.0 Å². The zero-order chi connectivity index (χ0) is 20.0. The van der Waals surface area contributed by atoms with Gasteiger partial charge in [0.2, 0.25) is 0 Å². The van der Waals surface area contributed by atoms with Crippen LogP contribution in [-0.2, 0) is 6.54 Å². The lowest BCUT2D eigenvalue weighted by atomic mass is 10.0. The second kappa shape index (κ2) is 7.34. The summed E-state index contributed by atoms with van der Waals surface area (Å²) in [5, 5.41) is 10.8. The maximum atomic E-state index is 13.3. The normalized spacial score (nSPS) is 15.7. The van der Waals surface area contributed by atoms with Crippen molar-refractivity contribution in [2.75, 3.05) is 0 Å². The summed E-state index contributed by atoms with van der Waals surface area (Å²) < 4.78 is 0. The van der Waals surface area contributed by atoms with Crippen molar-refractivity contribution in [2.24, 2.45) is 0 Å². The summed E-state index contributed by atoms with van der Waals surface area (Å²) in [5.74, 6) is -0.0777. The number of aromatic nitrogens is 2. The van der Waals surface area contributed by atoms with E-state index in [-0.39, 0.29) is 11.9 Å². The van der Waals surface area contributed by atoms with Gasteiger partial charge in [-0.3, -0.25) is 9.89 Å². The van der Waals surface area contributed by atoms with Crippen LogP contribution >= 0.6 is 34.5 Å².